The average Bonchev–Trinajstić information content (AvgIpc) is 3.37. The van der Waals surface area contributed by atoms with Crippen molar-refractivity contribution in [3.8, 4) is 17.4 Å². The van der Waals surface area contributed by atoms with E-state index < -0.39 is 11.7 Å². The Bertz CT molecular complexity index is 1410. The molecule has 0 atom stereocenters. The molecule has 0 aliphatic heterocycles. The zero-order chi connectivity index (χ0) is 21.4. The number of hydrogen-bond donors (Lipinski definition) is 1. The van der Waals surface area contributed by atoms with E-state index in [2.05, 4.69) is 25.4 Å². The lowest BCUT2D eigenvalue weighted by Crippen LogP contribution is -2.39. The number of hydrogen-bond acceptors (Lipinski definition) is 9. The maximum absolute atomic E-state index is 12.8. The van der Waals surface area contributed by atoms with E-state index in [1.165, 1.54) is 4.68 Å². The molecule has 154 valence electrons. The van der Waals surface area contributed by atoms with E-state index >= 15 is 0 Å². The van der Waals surface area contributed by atoms with Crippen LogP contribution in [0.5, 0.6) is 11.7 Å². The maximum atomic E-state index is 12.8. The van der Waals surface area contributed by atoms with Crippen LogP contribution in [0, 0.1) is 0 Å². The lowest BCUT2D eigenvalue weighted by molar-refractivity contribution is -0.672. The van der Waals surface area contributed by atoms with E-state index in [1.807, 2.05) is 24.3 Å². The molecule has 0 spiro atoms. The van der Waals surface area contributed by atoms with Crippen molar-refractivity contribution in [3.63, 3.8) is 0 Å². The summed E-state index contributed by atoms with van der Waals surface area (Å²) >= 11 is 1.07. The van der Waals surface area contributed by atoms with Crippen LogP contribution in [-0.4, -0.2) is 44.1 Å². The molecular weight excluding hydrogens is 420 g/mol. The molecule has 31 heavy (non-hydrogen) atoms. The highest BCUT2D eigenvalue weighted by atomic mass is 32.2. The minimum atomic E-state index is -0.813. The molecule has 10 nitrogen and oxygen atoms in total. The third-order valence-corrected chi connectivity index (χ3v) is 5.46. The fraction of sp³-hybridized carbons (Fsp3) is 0.100. The number of benzene rings is 2. The Labute approximate surface area is 178 Å². The number of carbonyl (C=O) groups is 1. The van der Waals surface area contributed by atoms with Gasteiger partial charge in [0.15, 0.2) is 11.6 Å². The van der Waals surface area contributed by atoms with Gasteiger partial charge in [0.2, 0.25) is 16.6 Å². The first-order valence-electron chi connectivity index (χ1n) is 9.14. The molecule has 0 saturated carbocycles. The Morgan fingerprint density at radius 2 is 2.00 bits per heavy atom. The summed E-state index contributed by atoms with van der Waals surface area (Å²) in [5, 5.41) is 25.4. The smallest absolute Gasteiger partial charge is 0.307 e. The van der Waals surface area contributed by atoms with Gasteiger partial charge in [-0.05, 0) is 22.9 Å². The number of thioether (sulfide) groups is 1. The predicted molar refractivity (Wildman–Crippen MR) is 108 cm³/mol. The van der Waals surface area contributed by atoms with Crippen molar-refractivity contribution in [1.29, 1.82) is 0 Å². The van der Waals surface area contributed by atoms with Gasteiger partial charge in [0.1, 0.15) is 11.3 Å². The Balaban J connectivity index is 1.38. The number of ether oxygens (including phenoxy) is 1. The van der Waals surface area contributed by atoms with E-state index in [4.69, 9.17) is 9.26 Å². The Morgan fingerprint density at radius 1 is 1.19 bits per heavy atom. The van der Waals surface area contributed by atoms with Crippen molar-refractivity contribution in [2.24, 2.45) is 0 Å². The van der Waals surface area contributed by atoms with Gasteiger partial charge in [-0.3, -0.25) is 4.79 Å². The normalized spacial score (nSPS) is 11.3. The second-order valence-corrected chi connectivity index (χ2v) is 7.44. The highest BCUT2D eigenvalue weighted by molar-refractivity contribution is 7.99. The number of nitrogens with one attached hydrogen (secondary N) is 1. The molecule has 2 aromatic carbocycles. The molecule has 0 amide bonds. The molecule has 3 aromatic heterocycles. The zero-order valence-electron chi connectivity index (χ0n) is 16.1. The van der Waals surface area contributed by atoms with Gasteiger partial charge in [0, 0.05) is 23.0 Å². The molecule has 3 heterocycles. The summed E-state index contributed by atoms with van der Waals surface area (Å²) in [5.41, 5.74) is 2.45. The van der Waals surface area contributed by atoms with Crippen LogP contribution < -0.4 is 14.5 Å². The first-order chi connectivity index (χ1) is 15.1. The van der Waals surface area contributed by atoms with Crippen molar-refractivity contribution < 1.29 is 23.8 Å². The third-order valence-electron chi connectivity index (χ3n) is 4.63. The number of H-pyrrole nitrogens is 1. The Kier molecular flexibility index (Phi) is 4.71. The van der Waals surface area contributed by atoms with Crippen molar-refractivity contribution in [3.05, 3.63) is 54.2 Å². The van der Waals surface area contributed by atoms with Crippen LogP contribution in [0.3, 0.4) is 0 Å². The molecule has 0 aliphatic rings. The highest BCUT2D eigenvalue weighted by Crippen LogP contribution is 2.24. The Morgan fingerprint density at radius 3 is 2.81 bits per heavy atom. The molecule has 5 rings (SSSR count). The number of para-hydroxylation sites is 1. The topological polar surface area (TPSA) is 134 Å². The first kappa shape index (κ1) is 19.0. The zero-order valence-corrected chi connectivity index (χ0v) is 16.9. The van der Waals surface area contributed by atoms with Crippen molar-refractivity contribution >= 4 is 39.6 Å². The van der Waals surface area contributed by atoms with Gasteiger partial charge in [-0.2, -0.15) is 0 Å². The van der Waals surface area contributed by atoms with Gasteiger partial charge in [0.25, 0.3) is 0 Å². The second kappa shape index (κ2) is 7.69. The molecule has 1 N–H and O–H groups in total. The van der Waals surface area contributed by atoms with Crippen molar-refractivity contribution in [2.75, 3.05) is 12.9 Å². The quantitative estimate of drug-likeness (QED) is 0.241. The van der Waals surface area contributed by atoms with Gasteiger partial charge < -0.3 is 19.4 Å². The fourth-order valence-electron chi connectivity index (χ4n) is 3.15. The summed E-state index contributed by atoms with van der Waals surface area (Å²) in [5.74, 6) is -0.727. The second-order valence-electron chi connectivity index (χ2n) is 6.49. The molecule has 0 unspecified atom stereocenters. The van der Waals surface area contributed by atoms with Crippen LogP contribution in [0.2, 0.25) is 0 Å². The third kappa shape index (κ3) is 3.44. The van der Waals surface area contributed by atoms with Gasteiger partial charge in [-0.15, -0.1) is 10.2 Å². The predicted octanol–water partition coefficient (Wildman–Crippen LogP) is 1.83. The lowest BCUT2D eigenvalue weighted by atomic mass is 10.2. The summed E-state index contributed by atoms with van der Waals surface area (Å²) in [4.78, 5) is 20.4. The molecule has 0 radical (unpaired) electrons. The molecular formula is C20H14N6O4S. The molecule has 0 saturated heterocycles. The van der Waals surface area contributed by atoms with Crippen LogP contribution in [0.15, 0.2) is 58.2 Å². The first-order valence-corrected chi connectivity index (χ1v) is 10.1. The highest BCUT2D eigenvalue weighted by Gasteiger charge is 2.28. The summed E-state index contributed by atoms with van der Waals surface area (Å²) in [6.07, 6.45) is 0. The average molecular weight is 434 g/mol. The fourth-order valence-corrected chi connectivity index (χ4v) is 3.80. The molecule has 0 aliphatic carbocycles. The van der Waals surface area contributed by atoms with Crippen molar-refractivity contribution in [2.45, 2.75) is 5.16 Å². The molecule has 11 heteroatoms. The summed E-state index contributed by atoms with van der Waals surface area (Å²) < 4.78 is 11.0. The van der Waals surface area contributed by atoms with E-state index in [0.29, 0.717) is 27.8 Å². The van der Waals surface area contributed by atoms with Gasteiger partial charge in [-0.25, -0.2) is 4.98 Å². The maximum Gasteiger partial charge on any atom is 0.307 e. The number of Topliss-reactive ketones (excluding diaryl/α,β-unsaturated/α-hetero) is 1. The van der Waals surface area contributed by atoms with Crippen LogP contribution in [0.25, 0.3) is 27.8 Å². The number of rotatable bonds is 6. The van der Waals surface area contributed by atoms with Crippen molar-refractivity contribution in [1.82, 2.24) is 25.4 Å². The SMILES string of the molecule is COc1ccc(-[n+]2noc([O-])c2C(=O)CSc2nnc3c(n2)[nH]c2ccccc23)cc1. The number of aromatic amines is 1. The van der Waals surface area contributed by atoms with E-state index in [0.717, 1.165) is 22.7 Å². The van der Waals surface area contributed by atoms with Crippen LogP contribution in [-0.2, 0) is 0 Å². The van der Waals surface area contributed by atoms with Gasteiger partial charge in [-0.1, -0.05) is 30.0 Å². The molecule has 0 bridgehead atoms. The number of carbonyl (C=O) groups excluding carboxylic acids is 1. The summed E-state index contributed by atoms with van der Waals surface area (Å²) in [7, 11) is 1.55. The van der Waals surface area contributed by atoms with E-state index in [1.54, 1.807) is 31.4 Å². The summed E-state index contributed by atoms with van der Waals surface area (Å²) in [6, 6.07) is 14.4. The lowest BCUT2D eigenvalue weighted by Gasteiger charge is -2.00. The molecule has 0 fully saturated rings. The van der Waals surface area contributed by atoms with Crippen LogP contribution >= 0.6 is 11.8 Å². The standard InChI is InChI=1S/C20H14N6O4S/c1-29-12-8-6-11(7-9-12)26-17(19(28)30-25-26)15(27)10-31-20-22-18-16(23-24-20)13-4-2-3-5-14(13)21-18/h2-9H,10H2,1H3,(H-,21,22,23,24,25,27,28). The molecule has 5 aromatic rings. The van der Waals surface area contributed by atoms with Gasteiger partial charge >= 0.3 is 5.69 Å². The Hall–Kier alpha value is -3.99. The number of aromatic nitrogens is 6. The number of methoxy groups -OCH3 is 1. The number of nitrogens with zero attached hydrogens (tertiary/aromatic N) is 5. The number of ketones is 1. The minimum Gasteiger partial charge on any atom is -0.539 e. The monoisotopic (exact) mass is 434 g/mol. The van der Waals surface area contributed by atoms with Gasteiger partial charge in [0.05, 0.1) is 18.1 Å². The minimum absolute atomic E-state index is 0.0833. The number of fused-ring (bicyclic) bond motifs is 3. The van der Waals surface area contributed by atoms with E-state index in [9.17, 15) is 9.90 Å². The summed E-state index contributed by atoms with van der Waals surface area (Å²) in [6.45, 7) is 0. The van der Waals surface area contributed by atoms with E-state index in [-0.39, 0.29) is 11.4 Å². The van der Waals surface area contributed by atoms with Crippen LogP contribution in [0.4, 0.5) is 0 Å². The largest absolute Gasteiger partial charge is 0.539 e. The van der Waals surface area contributed by atoms with Crippen LogP contribution in [0.1, 0.15) is 10.5 Å².